The van der Waals surface area contributed by atoms with Crippen LogP contribution in [0.1, 0.15) is 28.8 Å². The highest BCUT2D eigenvalue weighted by Gasteiger charge is 2.34. The zero-order valence-corrected chi connectivity index (χ0v) is 20.5. The molecule has 0 spiro atoms. The number of carbonyl (C=O) groups is 2. The van der Waals surface area contributed by atoms with Gasteiger partial charge in [0.2, 0.25) is 16.1 Å². The Bertz CT molecular complexity index is 1230. The third-order valence-electron chi connectivity index (χ3n) is 6.80. The smallest absolute Gasteiger partial charge is 0.267 e. The molecule has 0 saturated carbocycles. The Morgan fingerprint density at radius 3 is 2.26 bits per heavy atom. The Morgan fingerprint density at radius 1 is 0.886 bits per heavy atom. The number of piperazine rings is 1. The molecule has 35 heavy (non-hydrogen) atoms. The van der Waals surface area contributed by atoms with Gasteiger partial charge in [0.15, 0.2) is 11.5 Å². The second-order valence-electron chi connectivity index (χ2n) is 9.07. The van der Waals surface area contributed by atoms with Gasteiger partial charge in [-0.15, -0.1) is 0 Å². The zero-order chi connectivity index (χ0) is 24.6. The molecule has 0 N–H and O–H groups in total. The first-order chi connectivity index (χ1) is 16.8. The number of ether oxygens (including phenoxy) is 2. The zero-order valence-electron chi connectivity index (χ0n) is 19.7. The predicted octanol–water partition coefficient (Wildman–Crippen LogP) is 1.90. The molecule has 0 aromatic heterocycles. The van der Waals surface area contributed by atoms with Crippen molar-refractivity contribution in [2.24, 2.45) is 0 Å². The van der Waals surface area contributed by atoms with Gasteiger partial charge >= 0.3 is 0 Å². The Kier molecular flexibility index (Phi) is 6.41. The quantitative estimate of drug-likeness (QED) is 0.638. The van der Waals surface area contributed by atoms with Gasteiger partial charge in [-0.3, -0.25) is 9.59 Å². The number of hydrogen-bond acceptors (Lipinski definition) is 6. The van der Waals surface area contributed by atoms with Crippen LogP contribution in [-0.2, 0) is 14.8 Å². The van der Waals surface area contributed by atoms with Crippen LogP contribution in [0.3, 0.4) is 0 Å². The lowest BCUT2D eigenvalue weighted by Gasteiger charge is -2.37. The monoisotopic (exact) mass is 499 g/mol. The van der Waals surface area contributed by atoms with Crippen molar-refractivity contribution in [2.75, 3.05) is 45.9 Å². The number of sulfonamides is 1. The maximum atomic E-state index is 13.3. The van der Waals surface area contributed by atoms with Crippen LogP contribution < -0.4 is 9.47 Å². The van der Waals surface area contributed by atoms with E-state index in [1.807, 2.05) is 12.1 Å². The minimum atomic E-state index is -3.61. The van der Waals surface area contributed by atoms with Crippen molar-refractivity contribution >= 4 is 21.8 Å². The highest BCUT2D eigenvalue weighted by atomic mass is 32.2. The summed E-state index contributed by atoms with van der Waals surface area (Å²) in [5.41, 5.74) is 1.10. The molecule has 2 aromatic rings. The summed E-state index contributed by atoms with van der Waals surface area (Å²) in [6, 6.07) is 12.0. The maximum absolute atomic E-state index is 13.3. The number of aryl methyl sites for hydroxylation is 1. The summed E-state index contributed by atoms with van der Waals surface area (Å²) in [7, 11) is -3.61. The Labute approximate surface area is 205 Å². The minimum absolute atomic E-state index is 0.145. The molecule has 0 radical (unpaired) electrons. The summed E-state index contributed by atoms with van der Waals surface area (Å²) in [5, 5.41) is 0. The van der Waals surface area contributed by atoms with E-state index in [1.165, 1.54) is 10.4 Å². The van der Waals surface area contributed by atoms with Crippen molar-refractivity contribution in [3.05, 3.63) is 53.6 Å². The van der Waals surface area contributed by atoms with Crippen LogP contribution in [0.4, 0.5) is 0 Å². The highest BCUT2D eigenvalue weighted by Crippen LogP contribution is 2.31. The first kappa shape index (κ1) is 23.6. The summed E-state index contributed by atoms with van der Waals surface area (Å²) in [4.78, 5) is 29.8. The maximum Gasteiger partial charge on any atom is 0.267 e. The molecule has 186 valence electrons. The summed E-state index contributed by atoms with van der Waals surface area (Å²) >= 11 is 0. The fourth-order valence-electron chi connectivity index (χ4n) is 4.71. The highest BCUT2D eigenvalue weighted by molar-refractivity contribution is 7.89. The largest absolute Gasteiger partial charge is 0.485 e. The summed E-state index contributed by atoms with van der Waals surface area (Å²) < 4.78 is 38.9. The van der Waals surface area contributed by atoms with E-state index in [0.29, 0.717) is 56.3 Å². The molecule has 3 heterocycles. The van der Waals surface area contributed by atoms with E-state index in [4.69, 9.17) is 9.47 Å². The number of hydrogen-bond donors (Lipinski definition) is 0. The van der Waals surface area contributed by atoms with Crippen molar-refractivity contribution < 1.29 is 27.5 Å². The number of amides is 2. The summed E-state index contributed by atoms with van der Waals surface area (Å²) in [6.45, 7) is 4.43. The number of carbonyl (C=O) groups excluding carboxylic acids is 2. The molecule has 2 saturated heterocycles. The van der Waals surface area contributed by atoms with Gasteiger partial charge in [-0.1, -0.05) is 18.2 Å². The SMILES string of the molecule is Cc1ccc(S(=O)(=O)N2CCCC2)cc1C(=O)N1CCN(C(=O)[C@@H]2COc3ccccc3O2)CC1. The number of fused-ring (bicyclic) bond motifs is 1. The van der Waals surface area contributed by atoms with Crippen LogP contribution in [-0.4, -0.2) is 86.3 Å². The Hall–Kier alpha value is -3.11. The van der Waals surface area contributed by atoms with Gasteiger partial charge in [-0.05, 0) is 49.6 Å². The molecule has 3 aliphatic rings. The lowest BCUT2D eigenvalue weighted by Crippen LogP contribution is -2.55. The third-order valence-corrected chi connectivity index (χ3v) is 8.70. The molecule has 2 fully saturated rings. The molecule has 1 atom stereocenters. The lowest BCUT2D eigenvalue weighted by atomic mass is 10.1. The predicted molar refractivity (Wildman–Crippen MR) is 128 cm³/mol. The number of rotatable bonds is 4. The van der Waals surface area contributed by atoms with Gasteiger partial charge in [-0.2, -0.15) is 4.31 Å². The van der Waals surface area contributed by atoms with Crippen LogP contribution >= 0.6 is 0 Å². The fraction of sp³-hybridized carbons (Fsp3) is 0.440. The minimum Gasteiger partial charge on any atom is -0.485 e. The first-order valence-corrected chi connectivity index (χ1v) is 13.4. The average Bonchev–Trinajstić information content (AvgIpc) is 3.44. The number of benzene rings is 2. The number of nitrogens with zero attached hydrogens (tertiary/aromatic N) is 3. The van der Waals surface area contributed by atoms with Gasteiger partial charge in [0.25, 0.3) is 11.8 Å². The molecule has 0 bridgehead atoms. The van der Waals surface area contributed by atoms with Gasteiger partial charge in [0, 0.05) is 44.8 Å². The van der Waals surface area contributed by atoms with Gasteiger partial charge in [0.05, 0.1) is 4.90 Å². The van der Waals surface area contributed by atoms with Crippen molar-refractivity contribution in [1.82, 2.24) is 14.1 Å². The molecular weight excluding hydrogens is 470 g/mol. The Morgan fingerprint density at radius 2 is 1.54 bits per heavy atom. The van der Waals surface area contributed by atoms with Crippen LogP contribution in [0.2, 0.25) is 0 Å². The van der Waals surface area contributed by atoms with Crippen LogP contribution in [0.15, 0.2) is 47.4 Å². The van der Waals surface area contributed by atoms with Crippen molar-refractivity contribution in [2.45, 2.75) is 30.8 Å². The average molecular weight is 500 g/mol. The van der Waals surface area contributed by atoms with Crippen molar-refractivity contribution in [3.63, 3.8) is 0 Å². The van der Waals surface area contributed by atoms with E-state index in [9.17, 15) is 18.0 Å². The van der Waals surface area contributed by atoms with Gasteiger partial charge < -0.3 is 19.3 Å². The van der Waals surface area contributed by atoms with E-state index in [1.54, 1.807) is 41.0 Å². The molecule has 2 amide bonds. The van der Waals surface area contributed by atoms with E-state index in [0.717, 1.165) is 18.4 Å². The second-order valence-corrected chi connectivity index (χ2v) is 11.0. The molecule has 2 aromatic carbocycles. The molecule has 0 unspecified atom stereocenters. The van der Waals surface area contributed by atoms with Crippen LogP contribution in [0.5, 0.6) is 11.5 Å². The summed E-state index contributed by atoms with van der Waals surface area (Å²) in [6.07, 6.45) is 0.983. The molecule has 0 aliphatic carbocycles. The topological polar surface area (TPSA) is 96.5 Å². The standard InChI is InChI=1S/C25H29N3O6S/c1-18-8-9-19(35(31,32)28-10-4-5-11-28)16-20(18)24(29)26-12-14-27(15-13-26)25(30)23-17-33-21-6-2-3-7-22(21)34-23/h2-3,6-9,16,23H,4-5,10-15,17H2,1H3/t23-/m0/s1. The molecule has 3 aliphatic heterocycles. The van der Waals surface area contributed by atoms with E-state index in [-0.39, 0.29) is 23.3 Å². The van der Waals surface area contributed by atoms with Crippen LogP contribution in [0.25, 0.3) is 0 Å². The molecule has 10 heteroatoms. The molecule has 9 nitrogen and oxygen atoms in total. The van der Waals surface area contributed by atoms with Gasteiger partial charge in [-0.25, -0.2) is 8.42 Å². The van der Waals surface area contributed by atoms with Crippen molar-refractivity contribution in [3.8, 4) is 11.5 Å². The Balaban J connectivity index is 1.24. The van der Waals surface area contributed by atoms with Crippen molar-refractivity contribution in [1.29, 1.82) is 0 Å². The van der Waals surface area contributed by atoms with E-state index >= 15 is 0 Å². The molecular formula is C25H29N3O6S. The first-order valence-electron chi connectivity index (χ1n) is 11.9. The summed E-state index contributed by atoms with van der Waals surface area (Å²) in [5.74, 6) is 0.780. The fourth-order valence-corrected chi connectivity index (χ4v) is 6.26. The molecule has 5 rings (SSSR count). The number of para-hydroxylation sites is 2. The third kappa shape index (κ3) is 4.60. The lowest BCUT2D eigenvalue weighted by molar-refractivity contribution is -0.142. The second kappa shape index (κ2) is 9.50. The van der Waals surface area contributed by atoms with Gasteiger partial charge in [0.1, 0.15) is 6.61 Å². The van der Waals surface area contributed by atoms with E-state index in [2.05, 4.69) is 0 Å². The van der Waals surface area contributed by atoms with Crippen LogP contribution in [0, 0.1) is 6.92 Å². The van der Waals surface area contributed by atoms with E-state index < -0.39 is 16.1 Å². The normalized spacial score (nSPS) is 20.7.